The van der Waals surface area contributed by atoms with Crippen LogP contribution in [0.4, 0.5) is 5.69 Å². The largest absolute Gasteiger partial charge is 0.339 e. The van der Waals surface area contributed by atoms with Crippen LogP contribution in [0.3, 0.4) is 0 Å². The number of anilines is 1. The van der Waals surface area contributed by atoms with E-state index in [2.05, 4.69) is 10.6 Å². The number of carbonyl (C=O) groups excluding carboxylic acids is 2. The van der Waals surface area contributed by atoms with Crippen molar-refractivity contribution in [3.63, 3.8) is 0 Å². The van der Waals surface area contributed by atoms with Crippen LogP contribution in [0.25, 0.3) is 0 Å². The minimum Gasteiger partial charge on any atom is -0.339 e. The fourth-order valence-electron chi connectivity index (χ4n) is 4.20. The van der Waals surface area contributed by atoms with E-state index in [1.54, 1.807) is 36.4 Å². The average Bonchev–Trinajstić information content (AvgIpc) is 3.05. The number of nitrogens with one attached hydrogen (secondary N) is 2. The highest BCUT2D eigenvalue weighted by Gasteiger charge is 2.36. The summed E-state index contributed by atoms with van der Waals surface area (Å²) in [6.07, 6.45) is 4.51. The van der Waals surface area contributed by atoms with E-state index in [0.29, 0.717) is 34.9 Å². The molecule has 0 radical (unpaired) electrons. The summed E-state index contributed by atoms with van der Waals surface area (Å²) in [5, 5.41) is 6.48. The molecule has 148 valence electrons. The van der Waals surface area contributed by atoms with Crippen LogP contribution in [0.5, 0.6) is 0 Å². The van der Waals surface area contributed by atoms with Gasteiger partial charge in [0.05, 0.1) is 0 Å². The van der Waals surface area contributed by atoms with Crippen LogP contribution in [0, 0.1) is 0 Å². The number of piperidine rings is 1. The number of fused-ring (bicyclic) bond motifs is 2. The Morgan fingerprint density at radius 3 is 2.14 bits per heavy atom. The van der Waals surface area contributed by atoms with E-state index in [1.165, 1.54) is 12.8 Å². The van der Waals surface area contributed by atoms with Crippen molar-refractivity contribution in [1.82, 2.24) is 10.2 Å². The van der Waals surface area contributed by atoms with Crippen LogP contribution in [-0.4, -0.2) is 41.9 Å². The van der Waals surface area contributed by atoms with E-state index in [-0.39, 0.29) is 24.2 Å². The van der Waals surface area contributed by atoms with E-state index < -0.39 is 0 Å². The fraction of sp³-hybridized carbons (Fsp3) is 0.364. The van der Waals surface area contributed by atoms with E-state index in [1.807, 2.05) is 30.1 Å². The zero-order valence-electron chi connectivity index (χ0n) is 15.9. The molecule has 2 heterocycles. The summed E-state index contributed by atoms with van der Waals surface area (Å²) in [5.74, 6) is -0.112. The van der Waals surface area contributed by atoms with Gasteiger partial charge in [-0.3, -0.25) is 9.59 Å². The number of hydrogen-bond donors (Lipinski definition) is 2. The molecule has 2 unspecified atom stereocenters. The fourth-order valence-corrected chi connectivity index (χ4v) is 4.20. The molecule has 0 aliphatic carbocycles. The Labute approximate surface area is 171 Å². The number of nitrogens with zero attached hydrogens (tertiary/aromatic N) is 1. The average molecular weight is 400 g/mol. The van der Waals surface area contributed by atoms with Gasteiger partial charge in [0.25, 0.3) is 11.8 Å². The smallest absolute Gasteiger partial charge is 0.255 e. The SMILES string of the molecule is CN(C(=O)c1ccc(NC(=O)c2ccccc2)cc1)C1CC2CCC(C1)N2.Cl. The van der Waals surface area contributed by atoms with Gasteiger partial charge in [-0.15, -0.1) is 12.4 Å². The summed E-state index contributed by atoms with van der Waals surface area (Å²) < 4.78 is 0. The molecule has 6 heteroatoms. The lowest BCUT2D eigenvalue weighted by Crippen LogP contribution is -2.48. The van der Waals surface area contributed by atoms with E-state index in [0.717, 1.165) is 12.8 Å². The monoisotopic (exact) mass is 399 g/mol. The van der Waals surface area contributed by atoms with Crippen molar-refractivity contribution in [3.05, 3.63) is 65.7 Å². The second-order valence-corrected chi connectivity index (χ2v) is 7.58. The summed E-state index contributed by atoms with van der Waals surface area (Å²) in [4.78, 5) is 27.0. The molecule has 2 aliphatic heterocycles. The minimum atomic E-state index is -0.156. The summed E-state index contributed by atoms with van der Waals surface area (Å²) >= 11 is 0. The van der Waals surface area contributed by atoms with Crippen LogP contribution >= 0.6 is 12.4 Å². The molecule has 2 fully saturated rings. The molecule has 0 aromatic heterocycles. The van der Waals surface area contributed by atoms with Crippen molar-refractivity contribution < 1.29 is 9.59 Å². The van der Waals surface area contributed by atoms with E-state index in [9.17, 15) is 9.59 Å². The Balaban J connectivity index is 0.00000225. The molecule has 4 rings (SSSR count). The van der Waals surface area contributed by atoms with Crippen molar-refractivity contribution >= 4 is 29.9 Å². The number of halogens is 1. The first-order valence-electron chi connectivity index (χ1n) is 9.60. The molecule has 2 saturated heterocycles. The molecule has 0 spiro atoms. The van der Waals surface area contributed by atoms with E-state index >= 15 is 0 Å². The van der Waals surface area contributed by atoms with Crippen LogP contribution in [-0.2, 0) is 0 Å². The Bertz CT molecular complexity index is 813. The van der Waals surface area contributed by atoms with Crippen molar-refractivity contribution in [3.8, 4) is 0 Å². The van der Waals surface area contributed by atoms with Gasteiger partial charge in [-0.2, -0.15) is 0 Å². The van der Waals surface area contributed by atoms with Crippen LogP contribution < -0.4 is 10.6 Å². The van der Waals surface area contributed by atoms with Crippen molar-refractivity contribution in [1.29, 1.82) is 0 Å². The normalized spacial score (nSPS) is 22.8. The van der Waals surface area contributed by atoms with Crippen molar-refractivity contribution in [2.24, 2.45) is 0 Å². The maximum atomic E-state index is 12.9. The van der Waals surface area contributed by atoms with Crippen molar-refractivity contribution in [2.75, 3.05) is 12.4 Å². The standard InChI is InChI=1S/C22H25N3O2.ClH/c1-25(20-13-18-11-12-19(14-20)23-18)22(27)16-7-9-17(10-8-16)24-21(26)15-5-3-2-4-6-15;/h2-10,18-20,23H,11-14H2,1H3,(H,24,26);1H. The number of benzene rings is 2. The second kappa shape index (κ2) is 8.76. The lowest BCUT2D eigenvalue weighted by atomic mass is 9.98. The molecule has 5 nitrogen and oxygen atoms in total. The summed E-state index contributed by atoms with van der Waals surface area (Å²) in [6.45, 7) is 0. The zero-order valence-corrected chi connectivity index (χ0v) is 16.7. The third kappa shape index (κ3) is 4.37. The first-order chi connectivity index (χ1) is 13.1. The molecule has 28 heavy (non-hydrogen) atoms. The van der Waals surface area contributed by atoms with Gasteiger partial charge in [0.2, 0.25) is 0 Å². The summed E-state index contributed by atoms with van der Waals surface area (Å²) in [5.41, 5.74) is 1.95. The maximum absolute atomic E-state index is 12.9. The predicted molar refractivity (Wildman–Crippen MR) is 113 cm³/mol. The minimum absolute atomic E-state index is 0. The van der Waals surface area contributed by atoms with Gasteiger partial charge in [-0.1, -0.05) is 18.2 Å². The molecule has 2 atom stereocenters. The summed E-state index contributed by atoms with van der Waals surface area (Å²) in [7, 11) is 1.91. The first kappa shape index (κ1) is 20.4. The first-order valence-corrected chi connectivity index (χ1v) is 9.60. The highest BCUT2D eigenvalue weighted by atomic mass is 35.5. The van der Waals surface area contributed by atoms with Crippen LogP contribution in [0.2, 0.25) is 0 Å². The van der Waals surface area contributed by atoms with Gasteiger partial charge in [-0.25, -0.2) is 0 Å². The molecule has 2 N–H and O–H groups in total. The third-order valence-corrected chi connectivity index (χ3v) is 5.74. The molecule has 2 amide bonds. The highest BCUT2D eigenvalue weighted by molar-refractivity contribution is 6.04. The Morgan fingerprint density at radius 1 is 0.929 bits per heavy atom. The molecule has 2 aromatic carbocycles. The summed E-state index contributed by atoms with van der Waals surface area (Å²) in [6, 6.07) is 17.6. The van der Waals surface area contributed by atoms with Gasteiger partial charge >= 0.3 is 0 Å². The lowest BCUT2D eigenvalue weighted by Gasteiger charge is -2.35. The quantitative estimate of drug-likeness (QED) is 0.823. The molecule has 2 aromatic rings. The topological polar surface area (TPSA) is 61.4 Å². The number of rotatable bonds is 4. The van der Waals surface area contributed by atoms with Gasteiger partial charge < -0.3 is 15.5 Å². The van der Waals surface area contributed by atoms with E-state index in [4.69, 9.17) is 0 Å². The van der Waals surface area contributed by atoms with Gasteiger partial charge in [-0.05, 0) is 62.1 Å². The van der Waals surface area contributed by atoms with Gasteiger partial charge in [0.1, 0.15) is 0 Å². The van der Waals surface area contributed by atoms with Gasteiger partial charge in [0, 0.05) is 42.0 Å². The molecule has 2 bridgehead atoms. The van der Waals surface area contributed by atoms with Crippen LogP contribution in [0.15, 0.2) is 54.6 Å². The Kier molecular flexibility index (Phi) is 6.37. The second-order valence-electron chi connectivity index (χ2n) is 7.58. The highest BCUT2D eigenvalue weighted by Crippen LogP contribution is 2.30. The Hall–Kier alpha value is -2.37. The predicted octanol–water partition coefficient (Wildman–Crippen LogP) is 3.72. The number of carbonyl (C=O) groups is 2. The molecular formula is C22H26ClN3O2. The zero-order chi connectivity index (χ0) is 18.8. The van der Waals surface area contributed by atoms with Crippen molar-refractivity contribution in [2.45, 2.75) is 43.8 Å². The number of amides is 2. The Morgan fingerprint density at radius 2 is 1.54 bits per heavy atom. The molecule has 2 aliphatic rings. The van der Waals surface area contributed by atoms with Gasteiger partial charge in [0.15, 0.2) is 0 Å². The molecular weight excluding hydrogens is 374 g/mol. The van der Waals surface area contributed by atoms with Crippen LogP contribution in [0.1, 0.15) is 46.4 Å². The third-order valence-electron chi connectivity index (χ3n) is 5.74. The maximum Gasteiger partial charge on any atom is 0.255 e. The molecule has 0 saturated carbocycles. The lowest BCUT2D eigenvalue weighted by molar-refractivity contribution is 0.0681. The number of hydrogen-bond acceptors (Lipinski definition) is 3.